The normalized spacial score (nSPS) is 22.3. The molecule has 0 spiro atoms. The molecule has 2 aromatic carbocycles. The van der Waals surface area contributed by atoms with E-state index in [1.807, 2.05) is 12.1 Å². The second-order valence-corrected chi connectivity index (χ2v) is 13.7. The predicted octanol–water partition coefficient (Wildman–Crippen LogP) is 6.17. The van der Waals surface area contributed by atoms with Gasteiger partial charge in [-0.1, -0.05) is 30.3 Å². The Balaban J connectivity index is 1.09. The van der Waals surface area contributed by atoms with Crippen molar-refractivity contribution in [1.82, 2.24) is 19.8 Å². The molecule has 4 heterocycles. The summed E-state index contributed by atoms with van der Waals surface area (Å²) in [5, 5.41) is 8.00. The number of nitrogens with one attached hydrogen (secondary N) is 2. The number of benzene rings is 2. The van der Waals surface area contributed by atoms with Crippen molar-refractivity contribution in [3.63, 3.8) is 0 Å². The summed E-state index contributed by atoms with van der Waals surface area (Å²) in [5.74, 6) is 0.748. The van der Waals surface area contributed by atoms with Gasteiger partial charge in [-0.15, -0.1) is 0 Å². The minimum atomic E-state index is -0.471. The average Bonchev–Trinajstić information content (AvgIpc) is 3.84. The second kappa shape index (κ2) is 14.5. The highest BCUT2D eigenvalue weighted by atomic mass is 35.5. The highest BCUT2D eigenvalue weighted by Crippen LogP contribution is 2.41. The van der Waals surface area contributed by atoms with Gasteiger partial charge in [0, 0.05) is 75.0 Å². The number of hydrogen-bond donors (Lipinski definition) is 2. The zero-order valence-corrected chi connectivity index (χ0v) is 28.8. The van der Waals surface area contributed by atoms with Gasteiger partial charge >= 0.3 is 0 Å². The van der Waals surface area contributed by atoms with E-state index < -0.39 is 11.9 Å². The minimum absolute atomic E-state index is 0.0606. The van der Waals surface area contributed by atoms with E-state index in [1.165, 1.54) is 31.3 Å². The summed E-state index contributed by atoms with van der Waals surface area (Å²) in [6.45, 7) is 11.6. The van der Waals surface area contributed by atoms with Crippen LogP contribution in [0.2, 0.25) is 5.02 Å². The Morgan fingerprint density at radius 2 is 1.88 bits per heavy atom. The third-order valence-electron chi connectivity index (χ3n) is 10.2. The lowest BCUT2D eigenvalue weighted by Crippen LogP contribution is -2.57. The molecule has 3 aromatic rings. The van der Waals surface area contributed by atoms with Crippen molar-refractivity contribution in [3.05, 3.63) is 71.8 Å². The number of halogens is 2. The molecule has 1 amide bonds. The quantitative estimate of drug-likeness (QED) is 0.241. The number of hydroxylamine groups is 1. The molecular formula is C36H44ClFN8O3. The highest BCUT2D eigenvalue weighted by molar-refractivity contribution is 6.30. The smallest absolute Gasteiger partial charge is 0.247 e. The molecule has 11 nitrogen and oxygen atoms in total. The zero-order valence-electron chi connectivity index (χ0n) is 28.1. The summed E-state index contributed by atoms with van der Waals surface area (Å²) >= 11 is 6.08. The van der Waals surface area contributed by atoms with Crippen LogP contribution in [0.15, 0.2) is 55.4 Å². The number of rotatable bonds is 10. The first-order chi connectivity index (χ1) is 23.8. The lowest BCUT2D eigenvalue weighted by Gasteiger charge is -2.46. The van der Waals surface area contributed by atoms with Crippen molar-refractivity contribution in [2.45, 2.75) is 63.2 Å². The second-order valence-electron chi connectivity index (χ2n) is 13.3. The van der Waals surface area contributed by atoms with Crippen LogP contribution in [0, 0.1) is 5.82 Å². The molecule has 0 bridgehead atoms. The number of aromatic nitrogens is 2. The summed E-state index contributed by atoms with van der Waals surface area (Å²) in [5.41, 5.74) is 2.58. The van der Waals surface area contributed by atoms with Gasteiger partial charge in [0.1, 0.15) is 23.7 Å². The topological polar surface area (TPSA) is 98.3 Å². The number of carbonyl (C=O) groups excluding carboxylic acids is 1. The number of hydrogen-bond acceptors (Lipinski definition) is 10. The molecule has 2 atom stereocenters. The van der Waals surface area contributed by atoms with Gasteiger partial charge < -0.3 is 20.3 Å². The molecule has 0 radical (unpaired) electrons. The number of anilines is 5. The highest BCUT2D eigenvalue weighted by Gasteiger charge is 2.38. The van der Waals surface area contributed by atoms with E-state index in [1.54, 1.807) is 30.4 Å². The van der Waals surface area contributed by atoms with Crippen LogP contribution >= 0.6 is 11.6 Å². The SMILES string of the molecule is C=CC(=O)Nc1cc(Nc2cc(N3OCC[C@@H]3c3cccc(Cl)c3F)ncn2)c(OC)cc1N1CCC(N2CCN(C3CC3)[C@@H](C)C2)CC1. The van der Waals surface area contributed by atoms with Crippen LogP contribution in [0.25, 0.3) is 0 Å². The standard InChI is InChI=1S/C36H44ClFN8O3/c1-4-35(47)42-28-18-29(41-33-20-34(40-22-39-33)46-30(12-17-49-46)26-6-5-7-27(37)36(26)38)32(48-3)19-31(28)43-13-10-24(11-14-43)44-15-16-45(23(2)21-44)25-8-9-25/h4-7,18-20,22-25,30H,1,8-17,21H2,2-3H3,(H,42,47)(H,39,40,41)/t23-,30+/m0/s1. The van der Waals surface area contributed by atoms with Crippen molar-refractivity contribution in [1.29, 1.82) is 0 Å². The molecule has 1 saturated carbocycles. The van der Waals surface area contributed by atoms with E-state index >= 15 is 0 Å². The number of ether oxygens (including phenoxy) is 1. The number of piperidine rings is 1. The van der Waals surface area contributed by atoms with E-state index in [-0.39, 0.29) is 10.9 Å². The summed E-state index contributed by atoms with van der Waals surface area (Å²) in [4.78, 5) is 35.1. The van der Waals surface area contributed by atoms with E-state index in [0.29, 0.717) is 59.4 Å². The third-order valence-corrected chi connectivity index (χ3v) is 10.5. The lowest BCUT2D eigenvalue weighted by molar-refractivity contribution is -0.111. The summed E-state index contributed by atoms with van der Waals surface area (Å²) in [6, 6.07) is 12.1. The van der Waals surface area contributed by atoms with Gasteiger partial charge in [0.25, 0.3) is 0 Å². The number of nitrogens with zero attached hydrogens (tertiary/aromatic N) is 6. The average molecular weight is 691 g/mol. The molecule has 13 heteroatoms. The Morgan fingerprint density at radius 3 is 2.61 bits per heavy atom. The van der Waals surface area contributed by atoms with E-state index in [4.69, 9.17) is 21.2 Å². The Labute approximate surface area is 292 Å². The first kappa shape index (κ1) is 33.5. The number of piperazine rings is 1. The first-order valence-corrected chi connectivity index (χ1v) is 17.6. The molecule has 260 valence electrons. The Bertz CT molecular complexity index is 1680. The zero-order chi connectivity index (χ0) is 34.1. The Kier molecular flexibility index (Phi) is 9.91. The summed E-state index contributed by atoms with van der Waals surface area (Å²) < 4.78 is 20.8. The van der Waals surface area contributed by atoms with Crippen LogP contribution in [0.5, 0.6) is 5.75 Å². The van der Waals surface area contributed by atoms with Crippen LogP contribution in [0.3, 0.4) is 0 Å². The van der Waals surface area contributed by atoms with E-state index in [0.717, 1.165) is 57.3 Å². The largest absolute Gasteiger partial charge is 0.494 e. The van der Waals surface area contributed by atoms with E-state index in [9.17, 15) is 9.18 Å². The molecule has 3 aliphatic heterocycles. The van der Waals surface area contributed by atoms with E-state index in [2.05, 4.69) is 48.8 Å². The summed E-state index contributed by atoms with van der Waals surface area (Å²) in [7, 11) is 1.62. The minimum Gasteiger partial charge on any atom is -0.494 e. The van der Waals surface area contributed by atoms with Crippen LogP contribution < -0.4 is 25.3 Å². The molecule has 7 rings (SSSR count). The van der Waals surface area contributed by atoms with Crippen LogP contribution in [0.4, 0.5) is 33.1 Å². The maximum Gasteiger partial charge on any atom is 0.247 e. The number of amides is 1. The lowest BCUT2D eigenvalue weighted by atomic mass is 9.99. The van der Waals surface area contributed by atoms with Crippen LogP contribution in [-0.4, -0.2) is 90.2 Å². The van der Waals surface area contributed by atoms with Gasteiger partial charge in [-0.05, 0) is 50.8 Å². The molecule has 4 aliphatic rings. The number of methoxy groups -OCH3 is 1. The fourth-order valence-electron chi connectivity index (χ4n) is 7.56. The third kappa shape index (κ3) is 7.19. The molecule has 49 heavy (non-hydrogen) atoms. The Morgan fingerprint density at radius 1 is 1.06 bits per heavy atom. The fraction of sp³-hybridized carbons (Fsp3) is 0.472. The number of carbonyl (C=O) groups is 1. The molecular weight excluding hydrogens is 647 g/mol. The van der Waals surface area contributed by atoms with Crippen molar-refractivity contribution in [3.8, 4) is 5.75 Å². The van der Waals surface area contributed by atoms with Gasteiger partial charge in [0.05, 0.1) is 41.8 Å². The van der Waals surface area contributed by atoms with Gasteiger partial charge in [-0.2, -0.15) is 0 Å². The van der Waals surface area contributed by atoms with Gasteiger partial charge in [-0.25, -0.2) is 19.4 Å². The van der Waals surface area contributed by atoms with Crippen molar-refractivity contribution >= 4 is 46.2 Å². The maximum absolute atomic E-state index is 15.0. The maximum atomic E-state index is 15.0. The molecule has 1 aromatic heterocycles. The monoisotopic (exact) mass is 690 g/mol. The van der Waals surface area contributed by atoms with Crippen LogP contribution in [0.1, 0.15) is 50.6 Å². The molecule has 0 unspecified atom stereocenters. The van der Waals surface area contributed by atoms with Gasteiger partial charge in [-0.3, -0.25) is 19.4 Å². The molecule has 2 N–H and O–H groups in total. The van der Waals surface area contributed by atoms with Crippen molar-refractivity contribution in [2.75, 3.05) is 67.0 Å². The van der Waals surface area contributed by atoms with Crippen molar-refractivity contribution in [2.24, 2.45) is 0 Å². The van der Waals surface area contributed by atoms with Crippen LogP contribution in [-0.2, 0) is 9.63 Å². The fourth-order valence-corrected chi connectivity index (χ4v) is 7.74. The van der Waals surface area contributed by atoms with Crippen molar-refractivity contribution < 1.29 is 18.8 Å². The molecule has 1 aliphatic carbocycles. The van der Waals surface area contributed by atoms with Gasteiger partial charge in [0.15, 0.2) is 5.82 Å². The summed E-state index contributed by atoms with van der Waals surface area (Å²) in [6.07, 6.45) is 8.06. The predicted molar refractivity (Wildman–Crippen MR) is 190 cm³/mol. The molecule has 4 fully saturated rings. The van der Waals surface area contributed by atoms with Gasteiger partial charge in [0.2, 0.25) is 5.91 Å². The molecule has 3 saturated heterocycles. The first-order valence-electron chi connectivity index (χ1n) is 17.2. The Hall–Kier alpha value is -3.97.